The SMILES string of the molecule is Cc1cc(S(=O)(=O)NC[C@H]2CCCO2)c(Cl)cc1Br. The first-order chi connectivity index (χ1) is 8.90. The third kappa shape index (κ3) is 3.70. The molecule has 1 N–H and O–H groups in total. The van der Waals surface area contributed by atoms with Gasteiger partial charge in [-0.1, -0.05) is 27.5 Å². The summed E-state index contributed by atoms with van der Waals surface area (Å²) in [5, 5.41) is 0.206. The molecule has 7 heteroatoms. The lowest BCUT2D eigenvalue weighted by molar-refractivity contribution is 0.114. The van der Waals surface area contributed by atoms with Crippen LogP contribution in [0, 0.1) is 6.92 Å². The number of nitrogens with one attached hydrogen (secondary N) is 1. The summed E-state index contributed by atoms with van der Waals surface area (Å²) in [6.45, 7) is 2.80. The summed E-state index contributed by atoms with van der Waals surface area (Å²) in [5.41, 5.74) is 0.821. The van der Waals surface area contributed by atoms with Gasteiger partial charge < -0.3 is 4.74 Å². The van der Waals surface area contributed by atoms with Crippen LogP contribution in [0.5, 0.6) is 0 Å². The minimum Gasteiger partial charge on any atom is -0.377 e. The van der Waals surface area contributed by atoms with Gasteiger partial charge in [0.05, 0.1) is 11.1 Å². The summed E-state index contributed by atoms with van der Waals surface area (Å²) in [6.07, 6.45) is 1.82. The molecular formula is C12H15BrClNO3S. The van der Waals surface area contributed by atoms with Gasteiger partial charge in [0.2, 0.25) is 10.0 Å². The topological polar surface area (TPSA) is 55.4 Å². The van der Waals surface area contributed by atoms with Gasteiger partial charge in [-0.15, -0.1) is 0 Å². The number of rotatable bonds is 4. The first-order valence-corrected chi connectivity index (χ1v) is 8.62. The number of benzene rings is 1. The monoisotopic (exact) mass is 367 g/mol. The molecule has 0 aliphatic carbocycles. The number of hydrogen-bond donors (Lipinski definition) is 1. The van der Waals surface area contributed by atoms with Gasteiger partial charge in [-0.2, -0.15) is 0 Å². The molecular weight excluding hydrogens is 354 g/mol. The molecule has 1 aromatic carbocycles. The standard InChI is InChI=1S/C12H15BrClNO3S/c1-8-5-12(11(14)6-10(8)13)19(16,17)15-7-9-3-2-4-18-9/h5-6,9,15H,2-4,7H2,1H3/t9-/m1/s1. The lowest BCUT2D eigenvalue weighted by Crippen LogP contribution is -2.32. The van der Waals surface area contributed by atoms with Crippen LogP contribution in [-0.2, 0) is 14.8 Å². The maximum Gasteiger partial charge on any atom is 0.242 e. The second kappa shape index (κ2) is 6.10. The summed E-state index contributed by atoms with van der Waals surface area (Å²) >= 11 is 9.32. The number of aryl methyl sites for hydroxylation is 1. The van der Waals surface area contributed by atoms with E-state index in [1.165, 1.54) is 0 Å². The molecule has 1 aliphatic heterocycles. The first kappa shape index (κ1) is 15.3. The van der Waals surface area contributed by atoms with Crippen LogP contribution in [0.4, 0.5) is 0 Å². The molecule has 1 aliphatic rings. The van der Waals surface area contributed by atoms with Gasteiger partial charge in [-0.3, -0.25) is 0 Å². The van der Waals surface area contributed by atoms with E-state index >= 15 is 0 Å². The highest BCUT2D eigenvalue weighted by Gasteiger charge is 2.22. The van der Waals surface area contributed by atoms with Gasteiger partial charge in [0, 0.05) is 17.6 Å². The van der Waals surface area contributed by atoms with Crippen LogP contribution in [0.15, 0.2) is 21.5 Å². The second-order valence-corrected chi connectivity index (χ2v) is 7.52. The van der Waals surface area contributed by atoms with E-state index < -0.39 is 10.0 Å². The molecule has 1 heterocycles. The van der Waals surface area contributed by atoms with Gasteiger partial charge in [-0.05, 0) is 37.5 Å². The molecule has 4 nitrogen and oxygen atoms in total. The molecule has 0 saturated carbocycles. The van der Waals surface area contributed by atoms with Gasteiger partial charge in [0.1, 0.15) is 4.90 Å². The third-order valence-corrected chi connectivity index (χ3v) is 5.77. The van der Waals surface area contributed by atoms with E-state index in [-0.39, 0.29) is 22.6 Å². The molecule has 1 saturated heterocycles. The molecule has 0 aromatic heterocycles. The predicted molar refractivity (Wildman–Crippen MR) is 78.1 cm³/mol. The number of sulfonamides is 1. The Labute approximate surface area is 126 Å². The van der Waals surface area contributed by atoms with Crippen LogP contribution in [-0.4, -0.2) is 27.7 Å². The average molecular weight is 369 g/mol. The normalized spacial score (nSPS) is 19.8. The molecule has 2 rings (SSSR count). The molecule has 19 heavy (non-hydrogen) atoms. The molecule has 0 amide bonds. The van der Waals surface area contributed by atoms with Crippen LogP contribution in [0.2, 0.25) is 5.02 Å². The van der Waals surface area contributed by atoms with Crippen molar-refractivity contribution in [2.45, 2.75) is 30.8 Å². The zero-order valence-corrected chi connectivity index (χ0v) is 13.6. The molecule has 0 radical (unpaired) electrons. The maximum atomic E-state index is 12.2. The van der Waals surface area contributed by atoms with Crippen LogP contribution >= 0.6 is 27.5 Å². The van der Waals surface area contributed by atoms with E-state index in [1.807, 2.05) is 6.92 Å². The summed E-state index contributed by atoms with van der Waals surface area (Å²) in [7, 11) is -3.60. The fourth-order valence-electron chi connectivity index (χ4n) is 1.92. The Morgan fingerprint density at radius 1 is 1.53 bits per heavy atom. The van der Waals surface area contributed by atoms with Crippen molar-refractivity contribution in [1.29, 1.82) is 0 Å². The lowest BCUT2D eigenvalue weighted by Gasteiger charge is -2.13. The first-order valence-electron chi connectivity index (χ1n) is 5.97. The highest BCUT2D eigenvalue weighted by molar-refractivity contribution is 9.10. The minimum absolute atomic E-state index is 0.0369. The van der Waals surface area contributed by atoms with Crippen molar-refractivity contribution in [3.8, 4) is 0 Å². The van der Waals surface area contributed by atoms with E-state index in [1.54, 1.807) is 12.1 Å². The van der Waals surface area contributed by atoms with Crippen LogP contribution in [0.3, 0.4) is 0 Å². The quantitative estimate of drug-likeness (QED) is 0.889. The maximum absolute atomic E-state index is 12.2. The number of hydrogen-bond acceptors (Lipinski definition) is 3. The second-order valence-electron chi connectivity index (χ2n) is 4.52. The molecule has 106 valence electrons. The Balaban J connectivity index is 2.16. The fourth-order valence-corrected chi connectivity index (χ4v) is 4.07. The van der Waals surface area contributed by atoms with Crippen molar-refractivity contribution < 1.29 is 13.2 Å². The molecule has 1 aromatic rings. The van der Waals surface area contributed by atoms with Crippen molar-refractivity contribution >= 4 is 37.6 Å². The largest absolute Gasteiger partial charge is 0.377 e. The number of ether oxygens (including phenoxy) is 1. The molecule has 1 fully saturated rings. The van der Waals surface area contributed by atoms with E-state index in [9.17, 15) is 8.42 Å². The smallest absolute Gasteiger partial charge is 0.242 e. The lowest BCUT2D eigenvalue weighted by atomic mass is 10.2. The molecule has 0 bridgehead atoms. The highest BCUT2D eigenvalue weighted by atomic mass is 79.9. The fraction of sp³-hybridized carbons (Fsp3) is 0.500. The van der Waals surface area contributed by atoms with Gasteiger partial charge in [0.15, 0.2) is 0 Å². The number of halogens is 2. The predicted octanol–water partition coefficient (Wildman–Crippen LogP) is 2.87. The molecule has 0 unspecified atom stereocenters. The zero-order valence-electron chi connectivity index (χ0n) is 10.4. The Morgan fingerprint density at radius 2 is 2.26 bits per heavy atom. The zero-order chi connectivity index (χ0) is 14.0. The summed E-state index contributed by atoms with van der Waals surface area (Å²) in [5.74, 6) is 0. The summed E-state index contributed by atoms with van der Waals surface area (Å²) in [6, 6.07) is 3.15. The Morgan fingerprint density at radius 3 is 2.89 bits per heavy atom. The van der Waals surface area contributed by atoms with Crippen molar-refractivity contribution in [2.24, 2.45) is 0 Å². The van der Waals surface area contributed by atoms with Crippen LogP contribution < -0.4 is 4.72 Å². The Hall–Kier alpha value is -0.140. The molecule has 1 atom stereocenters. The van der Waals surface area contributed by atoms with E-state index in [2.05, 4.69) is 20.7 Å². The molecule has 0 spiro atoms. The van der Waals surface area contributed by atoms with Crippen molar-refractivity contribution in [1.82, 2.24) is 4.72 Å². The van der Waals surface area contributed by atoms with Gasteiger partial charge in [0.25, 0.3) is 0 Å². The third-order valence-electron chi connectivity index (χ3n) is 3.03. The van der Waals surface area contributed by atoms with Crippen molar-refractivity contribution in [3.05, 3.63) is 27.2 Å². The van der Waals surface area contributed by atoms with E-state index in [4.69, 9.17) is 16.3 Å². The van der Waals surface area contributed by atoms with Crippen LogP contribution in [0.1, 0.15) is 18.4 Å². The Kier molecular flexibility index (Phi) is 4.89. The van der Waals surface area contributed by atoms with Gasteiger partial charge >= 0.3 is 0 Å². The minimum atomic E-state index is -3.60. The average Bonchev–Trinajstić information content (AvgIpc) is 2.84. The summed E-state index contributed by atoms with van der Waals surface area (Å²) in [4.78, 5) is 0.105. The van der Waals surface area contributed by atoms with E-state index in [0.29, 0.717) is 6.61 Å². The van der Waals surface area contributed by atoms with E-state index in [0.717, 1.165) is 22.9 Å². The highest BCUT2D eigenvalue weighted by Crippen LogP contribution is 2.28. The van der Waals surface area contributed by atoms with Crippen molar-refractivity contribution in [2.75, 3.05) is 13.2 Å². The Bertz CT molecular complexity index is 571. The van der Waals surface area contributed by atoms with Crippen molar-refractivity contribution in [3.63, 3.8) is 0 Å². The van der Waals surface area contributed by atoms with Crippen LogP contribution in [0.25, 0.3) is 0 Å². The summed E-state index contributed by atoms with van der Waals surface area (Å²) < 4.78 is 33.1. The van der Waals surface area contributed by atoms with Gasteiger partial charge in [-0.25, -0.2) is 13.1 Å².